The SMILES string of the molecule is CNCCC(O)C(O)c1cc(Cl)cnc1N. The summed E-state index contributed by atoms with van der Waals surface area (Å²) in [4.78, 5) is 3.82. The molecule has 1 rings (SSSR count). The minimum Gasteiger partial charge on any atom is -0.390 e. The molecule has 5 nitrogen and oxygen atoms in total. The minimum absolute atomic E-state index is 0.181. The highest BCUT2D eigenvalue weighted by atomic mass is 35.5. The van der Waals surface area contributed by atoms with Gasteiger partial charge in [0.25, 0.3) is 0 Å². The smallest absolute Gasteiger partial charge is 0.129 e. The van der Waals surface area contributed by atoms with Gasteiger partial charge >= 0.3 is 0 Å². The normalized spacial score (nSPS) is 14.8. The van der Waals surface area contributed by atoms with Crippen LogP contribution in [-0.4, -0.2) is 34.9 Å². The minimum atomic E-state index is -1.07. The van der Waals surface area contributed by atoms with E-state index in [-0.39, 0.29) is 5.82 Å². The zero-order valence-corrected chi connectivity index (χ0v) is 9.78. The van der Waals surface area contributed by atoms with Gasteiger partial charge in [0.1, 0.15) is 11.9 Å². The molecule has 0 aromatic carbocycles. The monoisotopic (exact) mass is 245 g/mol. The Labute approximate surface area is 99.3 Å². The molecule has 0 radical (unpaired) electrons. The van der Waals surface area contributed by atoms with Crippen LogP contribution in [0.2, 0.25) is 5.02 Å². The highest BCUT2D eigenvalue weighted by Gasteiger charge is 2.20. The third-order valence-corrected chi connectivity index (χ3v) is 2.50. The van der Waals surface area contributed by atoms with Crippen molar-refractivity contribution < 1.29 is 10.2 Å². The van der Waals surface area contributed by atoms with E-state index >= 15 is 0 Å². The maximum Gasteiger partial charge on any atom is 0.129 e. The van der Waals surface area contributed by atoms with Crippen LogP contribution < -0.4 is 11.1 Å². The largest absolute Gasteiger partial charge is 0.390 e. The highest BCUT2D eigenvalue weighted by molar-refractivity contribution is 6.30. The van der Waals surface area contributed by atoms with Crippen LogP contribution in [0.1, 0.15) is 18.1 Å². The molecule has 0 saturated heterocycles. The Morgan fingerprint density at radius 2 is 2.25 bits per heavy atom. The highest BCUT2D eigenvalue weighted by Crippen LogP contribution is 2.25. The van der Waals surface area contributed by atoms with Gasteiger partial charge in [-0.15, -0.1) is 0 Å². The summed E-state index contributed by atoms with van der Waals surface area (Å²) in [5, 5.41) is 22.8. The molecule has 1 aromatic heterocycles. The van der Waals surface area contributed by atoms with Crippen molar-refractivity contribution in [3.63, 3.8) is 0 Å². The lowest BCUT2D eigenvalue weighted by Crippen LogP contribution is -2.24. The van der Waals surface area contributed by atoms with Gasteiger partial charge in [-0.25, -0.2) is 4.98 Å². The Hall–Kier alpha value is -0.880. The standard InChI is InChI=1S/C10H16ClN3O2/c1-13-3-2-8(15)9(16)7-4-6(11)5-14-10(7)12/h4-5,8-9,13,15-16H,2-3H2,1H3,(H2,12,14). The van der Waals surface area contributed by atoms with Gasteiger partial charge < -0.3 is 21.3 Å². The topological polar surface area (TPSA) is 91.4 Å². The summed E-state index contributed by atoms with van der Waals surface area (Å²) < 4.78 is 0. The van der Waals surface area contributed by atoms with E-state index < -0.39 is 12.2 Å². The molecular weight excluding hydrogens is 230 g/mol. The number of nitrogen functional groups attached to an aromatic ring is 1. The maximum absolute atomic E-state index is 9.86. The first-order valence-electron chi connectivity index (χ1n) is 4.98. The lowest BCUT2D eigenvalue weighted by atomic mass is 10.0. The van der Waals surface area contributed by atoms with Crippen molar-refractivity contribution in [3.8, 4) is 0 Å². The predicted octanol–water partition coefficient (Wildman–Crippen LogP) is 0.321. The van der Waals surface area contributed by atoms with Gasteiger partial charge in [-0.3, -0.25) is 0 Å². The molecule has 2 unspecified atom stereocenters. The number of nitrogens with zero attached hydrogens (tertiary/aromatic N) is 1. The van der Waals surface area contributed by atoms with Gasteiger partial charge in [0.05, 0.1) is 11.1 Å². The molecule has 6 heteroatoms. The molecule has 0 aliphatic carbocycles. The Kier molecular flexibility index (Phi) is 4.95. The molecule has 5 N–H and O–H groups in total. The van der Waals surface area contributed by atoms with E-state index in [0.29, 0.717) is 23.6 Å². The van der Waals surface area contributed by atoms with Gasteiger partial charge in [-0.2, -0.15) is 0 Å². The molecule has 0 spiro atoms. The lowest BCUT2D eigenvalue weighted by Gasteiger charge is -2.19. The Bertz CT molecular complexity index is 349. The van der Waals surface area contributed by atoms with Gasteiger partial charge in [-0.05, 0) is 26.1 Å². The number of nitrogens with two attached hydrogens (primary N) is 1. The van der Waals surface area contributed by atoms with Gasteiger partial charge in [0.15, 0.2) is 0 Å². The van der Waals surface area contributed by atoms with Crippen LogP contribution >= 0.6 is 11.6 Å². The predicted molar refractivity (Wildman–Crippen MR) is 63.2 cm³/mol. The Balaban J connectivity index is 2.78. The average Bonchev–Trinajstić information content (AvgIpc) is 2.28. The van der Waals surface area contributed by atoms with E-state index in [0.717, 1.165) is 0 Å². The van der Waals surface area contributed by atoms with Crippen molar-refractivity contribution in [1.82, 2.24) is 10.3 Å². The number of nitrogens with one attached hydrogen (secondary N) is 1. The van der Waals surface area contributed by atoms with E-state index in [4.69, 9.17) is 17.3 Å². The van der Waals surface area contributed by atoms with Crippen LogP contribution in [0.4, 0.5) is 5.82 Å². The first-order valence-corrected chi connectivity index (χ1v) is 5.35. The number of aromatic nitrogens is 1. The maximum atomic E-state index is 9.86. The first kappa shape index (κ1) is 13.2. The van der Waals surface area contributed by atoms with Crippen molar-refractivity contribution in [1.29, 1.82) is 0 Å². The fraction of sp³-hybridized carbons (Fsp3) is 0.500. The molecule has 0 aliphatic heterocycles. The second-order valence-corrected chi connectivity index (χ2v) is 3.97. The van der Waals surface area contributed by atoms with Crippen LogP contribution in [0.3, 0.4) is 0 Å². The first-order chi connectivity index (χ1) is 7.56. The molecule has 1 heterocycles. The van der Waals surface area contributed by atoms with Gasteiger partial charge in [-0.1, -0.05) is 11.6 Å². The second kappa shape index (κ2) is 6.00. The fourth-order valence-electron chi connectivity index (χ4n) is 1.36. The van der Waals surface area contributed by atoms with E-state index in [1.54, 1.807) is 7.05 Å². The van der Waals surface area contributed by atoms with Crippen LogP contribution in [0.15, 0.2) is 12.3 Å². The lowest BCUT2D eigenvalue weighted by molar-refractivity contribution is 0.0143. The summed E-state index contributed by atoms with van der Waals surface area (Å²) in [6.07, 6.45) is -0.147. The molecule has 0 aliphatic rings. The van der Waals surface area contributed by atoms with E-state index in [2.05, 4.69) is 10.3 Å². The zero-order chi connectivity index (χ0) is 12.1. The van der Waals surface area contributed by atoms with Crippen LogP contribution in [0.25, 0.3) is 0 Å². The molecule has 2 atom stereocenters. The van der Waals surface area contributed by atoms with Crippen molar-refractivity contribution in [3.05, 3.63) is 22.8 Å². The summed E-state index contributed by atoms with van der Waals surface area (Å²) in [5.74, 6) is 0.181. The summed E-state index contributed by atoms with van der Waals surface area (Å²) in [5.41, 5.74) is 5.96. The van der Waals surface area contributed by atoms with Crippen molar-refractivity contribution >= 4 is 17.4 Å². The number of hydrogen-bond acceptors (Lipinski definition) is 5. The number of hydrogen-bond donors (Lipinski definition) is 4. The van der Waals surface area contributed by atoms with Crippen molar-refractivity contribution in [2.75, 3.05) is 19.3 Å². The van der Waals surface area contributed by atoms with Gasteiger partial charge in [0.2, 0.25) is 0 Å². The zero-order valence-electron chi connectivity index (χ0n) is 9.02. The van der Waals surface area contributed by atoms with Crippen molar-refractivity contribution in [2.24, 2.45) is 0 Å². The number of rotatable bonds is 5. The van der Waals surface area contributed by atoms with Gasteiger partial charge in [0, 0.05) is 11.8 Å². The number of aliphatic hydroxyl groups is 2. The third-order valence-electron chi connectivity index (χ3n) is 2.29. The van der Waals surface area contributed by atoms with Crippen LogP contribution in [0.5, 0.6) is 0 Å². The number of pyridine rings is 1. The third kappa shape index (κ3) is 3.31. The summed E-state index contributed by atoms with van der Waals surface area (Å²) in [6, 6.07) is 1.51. The number of aliphatic hydroxyl groups excluding tert-OH is 2. The average molecular weight is 246 g/mol. The van der Waals surface area contributed by atoms with E-state index in [9.17, 15) is 10.2 Å². The Morgan fingerprint density at radius 1 is 1.56 bits per heavy atom. The summed E-state index contributed by atoms with van der Waals surface area (Å²) in [7, 11) is 1.77. The van der Waals surface area contributed by atoms with E-state index in [1.165, 1.54) is 12.3 Å². The second-order valence-electron chi connectivity index (χ2n) is 3.53. The molecule has 1 aromatic rings. The van der Waals surface area contributed by atoms with Crippen LogP contribution in [-0.2, 0) is 0 Å². The van der Waals surface area contributed by atoms with Crippen molar-refractivity contribution in [2.45, 2.75) is 18.6 Å². The Morgan fingerprint density at radius 3 is 2.88 bits per heavy atom. The number of halogens is 1. The fourth-order valence-corrected chi connectivity index (χ4v) is 1.53. The van der Waals surface area contributed by atoms with E-state index in [1.807, 2.05) is 0 Å². The summed E-state index contributed by atoms with van der Waals surface area (Å²) >= 11 is 5.75. The molecule has 0 fully saturated rings. The molecule has 16 heavy (non-hydrogen) atoms. The van der Waals surface area contributed by atoms with Crippen LogP contribution in [0, 0.1) is 0 Å². The quantitative estimate of drug-likeness (QED) is 0.600. The summed E-state index contributed by atoms with van der Waals surface area (Å²) in [6.45, 7) is 0.603. The number of anilines is 1. The molecule has 0 amide bonds. The molecule has 0 bridgehead atoms. The molecule has 0 saturated carbocycles. The molecular formula is C10H16ClN3O2. The molecule has 90 valence electrons.